The summed E-state index contributed by atoms with van der Waals surface area (Å²) in [4.78, 5) is 11.7. The Kier molecular flexibility index (Phi) is 5.09. The molecule has 0 radical (unpaired) electrons. The fourth-order valence-corrected chi connectivity index (χ4v) is 1.64. The van der Waals surface area contributed by atoms with Crippen molar-refractivity contribution < 1.29 is 4.79 Å². The molecule has 0 spiro atoms. The van der Waals surface area contributed by atoms with Crippen LogP contribution in [0, 0.1) is 0 Å². The van der Waals surface area contributed by atoms with Crippen LogP contribution in [0.15, 0.2) is 22.7 Å². The lowest BCUT2D eigenvalue weighted by molar-refractivity contribution is 0.0944. The Bertz CT molecular complexity index is 370. The monoisotopic (exact) mass is 353 g/mol. The summed E-state index contributed by atoms with van der Waals surface area (Å²) in [7, 11) is 0. The van der Waals surface area contributed by atoms with Crippen molar-refractivity contribution in [2.45, 2.75) is 13.0 Å². The second kappa shape index (κ2) is 5.87. The van der Waals surface area contributed by atoms with Gasteiger partial charge in [-0.3, -0.25) is 4.79 Å². The summed E-state index contributed by atoms with van der Waals surface area (Å²) in [5.74, 6) is -0.0979. The molecular formula is C10H10Br2ClNO. The standard InChI is InChI=1S/C10H10Br2ClNO/c1-6(5-11)14-10(15)7-2-3-9(13)8(12)4-7/h2-4,6H,5H2,1H3,(H,14,15). The maximum absolute atomic E-state index is 11.7. The predicted molar refractivity (Wildman–Crippen MR) is 69.9 cm³/mol. The number of rotatable bonds is 3. The Hall–Kier alpha value is -0.0600. The van der Waals surface area contributed by atoms with Gasteiger partial charge in [-0.15, -0.1) is 0 Å². The summed E-state index contributed by atoms with van der Waals surface area (Å²) in [5, 5.41) is 4.17. The molecule has 0 aromatic heterocycles. The van der Waals surface area contributed by atoms with E-state index in [1.807, 2.05) is 6.92 Å². The van der Waals surface area contributed by atoms with Crippen molar-refractivity contribution in [3.63, 3.8) is 0 Å². The molecule has 0 heterocycles. The Labute approximate surface area is 111 Å². The zero-order chi connectivity index (χ0) is 11.4. The highest BCUT2D eigenvalue weighted by atomic mass is 79.9. The van der Waals surface area contributed by atoms with Crippen LogP contribution >= 0.6 is 43.5 Å². The lowest BCUT2D eigenvalue weighted by Gasteiger charge is -2.10. The van der Waals surface area contributed by atoms with E-state index in [2.05, 4.69) is 37.2 Å². The van der Waals surface area contributed by atoms with Gasteiger partial charge in [-0.1, -0.05) is 27.5 Å². The molecular weight excluding hydrogens is 345 g/mol. The van der Waals surface area contributed by atoms with Crippen LogP contribution in [0.2, 0.25) is 5.02 Å². The van der Waals surface area contributed by atoms with E-state index in [0.717, 1.165) is 9.80 Å². The Morgan fingerprint density at radius 3 is 2.80 bits per heavy atom. The first-order valence-electron chi connectivity index (χ1n) is 4.36. The van der Waals surface area contributed by atoms with Crippen LogP contribution in [0.5, 0.6) is 0 Å². The molecule has 0 bridgehead atoms. The summed E-state index contributed by atoms with van der Waals surface area (Å²) in [6.07, 6.45) is 0. The fourth-order valence-electron chi connectivity index (χ4n) is 0.983. The molecule has 15 heavy (non-hydrogen) atoms. The second-order valence-corrected chi connectivity index (χ2v) is 5.07. The number of alkyl halides is 1. The van der Waals surface area contributed by atoms with Gasteiger partial charge >= 0.3 is 0 Å². The van der Waals surface area contributed by atoms with Gasteiger partial charge in [0, 0.05) is 21.4 Å². The molecule has 1 aromatic carbocycles. The highest BCUT2D eigenvalue weighted by Gasteiger charge is 2.09. The fraction of sp³-hybridized carbons (Fsp3) is 0.300. The third kappa shape index (κ3) is 3.78. The number of carbonyl (C=O) groups is 1. The highest BCUT2D eigenvalue weighted by molar-refractivity contribution is 9.10. The van der Waals surface area contributed by atoms with E-state index in [9.17, 15) is 4.79 Å². The molecule has 2 nitrogen and oxygen atoms in total. The van der Waals surface area contributed by atoms with Gasteiger partial charge in [0.2, 0.25) is 0 Å². The number of hydrogen-bond donors (Lipinski definition) is 1. The van der Waals surface area contributed by atoms with Crippen molar-refractivity contribution in [1.82, 2.24) is 5.32 Å². The van der Waals surface area contributed by atoms with Gasteiger partial charge in [-0.2, -0.15) is 0 Å². The van der Waals surface area contributed by atoms with Crippen molar-refractivity contribution >= 4 is 49.4 Å². The van der Waals surface area contributed by atoms with Crippen LogP contribution in [-0.2, 0) is 0 Å². The maximum Gasteiger partial charge on any atom is 0.251 e. The summed E-state index contributed by atoms with van der Waals surface area (Å²) in [5.41, 5.74) is 0.596. The van der Waals surface area contributed by atoms with Gasteiger partial charge in [0.05, 0.1) is 5.02 Å². The van der Waals surface area contributed by atoms with Gasteiger partial charge in [0.15, 0.2) is 0 Å². The van der Waals surface area contributed by atoms with Crippen molar-refractivity contribution in [2.75, 3.05) is 5.33 Å². The molecule has 0 saturated heterocycles. The molecule has 5 heteroatoms. The van der Waals surface area contributed by atoms with E-state index >= 15 is 0 Å². The Morgan fingerprint density at radius 2 is 2.27 bits per heavy atom. The SMILES string of the molecule is CC(CBr)NC(=O)c1ccc(Cl)c(Br)c1. The third-order valence-corrected chi connectivity index (χ3v) is 3.98. The number of amides is 1. The zero-order valence-corrected chi connectivity index (χ0v) is 12.0. The second-order valence-electron chi connectivity index (χ2n) is 3.16. The molecule has 1 N–H and O–H groups in total. The zero-order valence-electron chi connectivity index (χ0n) is 8.06. The highest BCUT2D eigenvalue weighted by Crippen LogP contribution is 2.23. The van der Waals surface area contributed by atoms with Crippen molar-refractivity contribution in [2.24, 2.45) is 0 Å². The number of carbonyl (C=O) groups excluding carboxylic acids is 1. The average Bonchev–Trinajstić information content (AvgIpc) is 2.21. The predicted octanol–water partition coefficient (Wildman–Crippen LogP) is 3.62. The molecule has 0 fully saturated rings. The Morgan fingerprint density at radius 1 is 1.60 bits per heavy atom. The van der Waals surface area contributed by atoms with Gasteiger partial charge < -0.3 is 5.32 Å². The molecule has 1 rings (SSSR count). The van der Waals surface area contributed by atoms with E-state index in [1.165, 1.54) is 0 Å². The molecule has 0 saturated carbocycles. The van der Waals surface area contributed by atoms with Crippen molar-refractivity contribution in [3.8, 4) is 0 Å². The minimum atomic E-state index is -0.0979. The quantitative estimate of drug-likeness (QED) is 0.825. The number of halogens is 3. The summed E-state index contributed by atoms with van der Waals surface area (Å²) >= 11 is 12.4. The molecule has 1 atom stereocenters. The maximum atomic E-state index is 11.7. The minimum absolute atomic E-state index is 0.0979. The van der Waals surface area contributed by atoms with Crippen molar-refractivity contribution in [3.05, 3.63) is 33.3 Å². The third-order valence-electron chi connectivity index (χ3n) is 1.79. The van der Waals surface area contributed by atoms with Crippen LogP contribution in [-0.4, -0.2) is 17.3 Å². The van der Waals surface area contributed by atoms with Gasteiger partial charge in [0.25, 0.3) is 5.91 Å². The largest absolute Gasteiger partial charge is 0.349 e. The summed E-state index contributed by atoms with van der Waals surface area (Å²) in [6.45, 7) is 1.93. The van der Waals surface area contributed by atoms with Crippen LogP contribution in [0.1, 0.15) is 17.3 Å². The summed E-state index contributed by atoms with van der Waals surface area (Å²) in [6, 6.07) is 5.20. The number of hydrogen-bond acceptors (Lipinski definition) is 1. The van der Waals surface area contributed by atoms with E-state index in [0.29, 0.717) is 10.6 Å². The van der Waals surface area contributed by atoms with E-state index in [-0.39, 0.29) is 11.9 Å². The van der Waals surface area contributed by atoms with E-state index in [4.69, 9.17) is 11.6 Å². The van der Waals surface area contributed by atoms with Crippen LogP contribution in [0.4, 0.5) is 0 Å². The Balaban J connectivity index is 2.78. The minimum Gasteiger partial charge on any atom is -0.349 e. The first kappa shape index (κ1) is 13.0. The summed E-state index contributed by atoms with van der Waals surface area (Å²) < 4.78 is 0.725. The first-order valence-corrected chi connectivity index (χ1v) is 6.65. The van der Waals surface area contributed by atoms with Crippen LogP contribution in [0.25, 0.3) is 0 Å². The molecule has 0 aliphatic heterocycles. The lowest BCUT2D eigenvalue weighted by atomic mass is 10.2. The number of nitrogens with one attached hydrogen (secondary N) is 1. The molecule has 1 aromatic rings. The first-order chi connectivity index (χ1) is 7.04. The molecule has 0 aliphatic rings. The van der Waals surface area contributed by atoms with Crippen molar-refractivity contribution in [1.29, 1.82) is 0 Å². The van der Waals surface area contributed by atoms with Gasteiger partial charge in [-0.25, -0.2) is 0 Å². The molecule has 0 aliphatic carbocycles. The van der Waals surface area contributed by atoms with E-state index < -0.39 is 0 Å². The van der Waals surface area contributed by atoms with Gasteiger partial charge in [0.1, 0.15) is 0 Å². The molecule has 82 valence electrons. The van der Waals surface area contributed by atoms with Crippen LogP contribution < -0.4 is 5.32 Å². The number of benzene rings is 1. The molecule has 1 amide bonds. The van der Waals surface area contributed by atoms with Crippen LogP contribution in [0.3, 0.4) is 0 Å². The average molecular weight is 355 g/mol. The molecule has 1 unspecified atom stereocenters. The topological polar surface area (TPSA) is 29.1 Å². The van der Waals surface area contributed by atoms with Gasteiger partial charge in [-0.05, 0) is 41.1 Å². The smallest absolute Gasteiger partial charge is 0.251 e. The van der Waals surface area contributed by atoms with E-state index in [1.54, 1.807) is 18.2 Å². The normalized spacial score (nSPS) is 12.3. The lowest BCUT2D eigenvalue weighted by Crippen LogP contribution is -2.33.